The average molecular weight is 364 g/mol. The zero-order valence-corrected chi connectivity index (χ0v) is 15.0. The highest BCUT2D eigenvalue weighted by molar-refractivity contribution is 7.89. The lowest BCUT2D eigenvalue weighted by Crippen LogP contribution is -2.35. The molecule has 2 N–H and O–H groups in total. The molecule has 2 aromatic rings. The van der Waals surface area contributed by atoms with Gasteiger partial charge in [-0.25, -0.2) is 18.1 Å². The van der Waals surface area contributed by atoms with Gasteiger partial charge in [-0.1, -0.05) is 0 Å². The predicted molar refractivity (Wildman–Crippen MR) is 92.8 cm³/mol. The molecule has 8 nitrogen and oxygen atoms in total. The van der Waals surface area contributed by atoms with Crippen LogP contribution in [0.2, 0.25) is 0 Å². The van der Waals surface area contributed by atoms with Crippen LogP contribution in [0, 0.1) is 6.92 Å². The molecule has 0 bridgehead atoms. The number of nitrogens with one attached hydrogen (secondary N) is 2. The highest BCUT2D eigenvalue weighted by Crippen LogP contribution is 2.15. The van der Waals surface area contributed by atoms with Crippen LogP contribution in [-0.4, -0.2) is 44.1 Å². The number of amides is 1. The summed E-state index contributed by atoms with van der Waals surface area (Å²) in [5.74, 6) is -0.421. The second kappa shape index (κ2) is 8.15. The number of sulfonamides is 1. The van der Waals surface area contributed by atoms with Gasteiger partial charge in [-0.05, 0) is 38.1 Å². The summed E-state index contributed by atoms with van der Waals surface area (Å²) in [6.45, 7) is 3.75. The number of hydrogen-bond donors (Lipinski definition) is 2. The van der Waals surface area contributed by atoms with Gasteiger partial charge in [0.25, 0.3) is 5.91 Å². The Hall–Kier alpha value is -2.36. The van der Waals surface area contributed by atoms with Crippen molar-refractivity contribution in [3.63, 3.8) is 0 Å². The monoisotopic (exact) mass is 364 g/mol. The normalized spacial score (nSPS) is 12.6. The fourth-order valence-corrected chi connectivity index (χ4v) is 3.27. The molecule has 1 amide bonds. The molecule has 1 heterocycles. The molecule has 0 spiro atoms. The number of rotatable bonds is 7. The second-order valence-electron chi connectivity index (χ2n) is 5.50. The zero-order valence-electron chi connectivity index (χ0n) is 14.2. The molecule has 0 aliphatic carbocycles. The van der Waals surface area contributed by atoms with E-state index in [-0.39, 0.29) is 23.2 Å². The number of aromatic nitrogens is 2. The van der Waals surface area contributed by atoms with E-state index < -0.39 is 15.9 Å². The van der Waals surface area contributed by atoms with Crippen LogP contribution < -0.4 is 10.0 Å². The lowest BCUT2D eigenvalue weighted by molar-refractivity contribution is 0.102. The third kappa shape index (κ3) is 5.31. The summed E-state index contributed by atoms with van der Waals surface area (Å²) < 4.78 is 31.9. The molecule has 1 atom stereocenters. The van der Waals surface area contributed by atoms with E-state index in [1.807, 2.05) is 0 Å². The first-order valence-corrected chi connectivity index (χ1v) is 9.01. The minimum atomic E-state index is -3.65. The maximum absolute atomic E-state index is 12.2. The zero-order chi connectivity index (χ0) is 18.4. The molecule has 0 aliphatic heterocycles. The van der Waals surface area contributed by atoms with Gasteiger partial charge in [0.15, 0.2) is 0 Å². The van der Waals surface area contributed by atoms with Gasteiger partial charge >= 0.3 is 0 Å². The summed E-state index contributed by atoms with van der Waals surface area (Å²) in [5, 5.41) is 2.64. The van der Waals surface area contributed by atoms with E-state index in [1.165, 1.54) is 43.8 Å². The van der Waals surface area contributed by atoms with Crippen LogP contribution in [0.15, 0.2) is 41.6 Å². The van der Waals surface area contributed by atoms with Gasteiger partial charge in [-0.15, -0.1) is 0 Å². The van der Waals surface area contributed by atoms with Crippen molar-refractivity contribution in [2.45, 2.75) is 24.8 Å². The van der Waals surface area contributed by atoms with Gasteiger partial charge in [-0.3, -0.25) is 9.78 Å². The molecule has 0 radical (unpaired) electrons. The Bertz CT molecular complexity index is 820. The minimum absolute atomic E-state index is 0.101. The molecule has 2 rings (SSSR count). The quantitative estimate of drug-likeness (QED) is 0.767. The molecule has 9 heteroatoms. The maximum Gasteiger partial charge on any atom is 0.275 e. The minimum Gasteiger partial charge on any atom is -0.383 e. The largest absolute Gasteiger partial charge is 0.383 e. The molecular formula is C16H20N4O4S. The number of ether oxygens (including phenoxy) is 1. The van der Waals surface area contributed by atoms with Crippen LogP contribution in [0.4, 0.5) is 5.69 Å². The van der Waals surface area contributed by atoms with Gasteiger partial charge in [0.05, 0.1) is 23.4 Å². The topological polar surface area (TPSA) is 110 Å². The van der Waals surface area contributed by atoms with Crippen LogP contribution >= 0.6 is 0 Å². The van der Waals surface area contributed by atoms with Crippen LogP contribution in [0.5, 0.6) is 0 Å². The summed E-state index contributed by atoms with van der Waals surface area (Å²) in [4.78, 5) is 20.2. The van der Waals surface area contributed by atoms with Crippen molar-refractivity contribution < 1.29 is 17.9 Å². The average Bonchev–Trinajstić information content (AvgIpc) is 2.55. The van der Waals surface area contributed by atoms with Gasteiger partial charge < -0.3 is 10.1 Å². The van der Waals surface area contributed by atoms with Crippen molar-refractivity contribution in [1.82, 2.24) is 14.7 Å². The van der Waals surface area contributed by atoms with Crippen molar-refractivity contribution in [3.05, 3.63) is 48.0 Å². The Kier molecular flexibility index (Phi) is 6.18. The van der Waals surface area contributed by atoms with E-state index in [0.717, 1.165) is 0 Å². The second-order valence-corrected chi connectivity index (χ2v) is 7.21. The van der Waals surface area contributed by atoms with Crippen molar-refractivity contribution >= 4 is 21.6 Å². The lowest BCUT2D eigenvalue weighted by Gasteiger charge is -2.13. The highest BCUT2D eigenvalue weighted by atomic mass is 32.2. The number of methoxy groups -OCH3 is 1. The first-order valence-electron chi connectivity index (χ1n) is 7.53. The summed E-state index contributed by atoms with van der Waals surface area (Å²) in [6, 6.07) is 5.50. The van der Waals surface area contributed by atoms with Gasteiger partial charge in [0, 0.05) is 25.0 Å². The van der Waals surface area contributed by atoms with Crippen molar-refractivity contribution in [2.24, 2.45) is 0 Å². The van der Waals surface area contributed by atoms with E-state index in [4.69, 9.17) is 4.74 Å². The van der Waals surface area contributed by atoms with Crippen LogP contribution in [0.25, 0.3) is 0 Å². The smallest absolute Gasteiger partial charge is 0.275 e. The van der Waals surface area contributed by atoms with E-state index in [9.17, 15) is 13.2 Å². The third-order valence-corrected chi connectivity index (χ3v) is 4.81. The van der Waals surface area contributed by atoms with Gasteiger partial charge in [-0.2, -0.15) is 0 Å². The van der Waals surface area contributed by atoms with Gasteiger partial charge in [0.1, 0.15) is 5.69 Å². The Morgan fingerprint density at radius 1 is 1.20 bits per heavy atom. The number of nitrogens with zero attached hydrogens (tertiary/aromatic N) is 2. The summed E-state index contributed by atoms with van der Waals surface area (Å²) in [6.07, 6.45) is 2.88. The molecule has 25 heavy (non-hydrogen) atoms. The van der Waals surface area contributed by atoms with E-state index in [1.54, 1.807) is 13.8 Å². The summed E-state index contributed by atoms with van der Waals surface area (Å²) in [7, 11) is -2.15. The fraction of sp³-hybridized carbons (Fsp3) is 0.312. The SMILES string of the molecule is COCC(C)NS(=O)(=O)c1ccc(NC(=O)c2cnc(C)cn2)cc1. The molecular weight excluding hydrogens is 344 g/mol. The van der Waals surface area contributed by atoms with Crippen molar-refractivity contribution in [1.29, 1.82) is 0 Å². The Labute approximate surface area is 146 Å². The van der Waals surface area contributed by atoms with Gasteiger partial charge in [0.2, 0.25) is 10.0 Å². The highest BCUT2D eigenvalue weighted by Gasteiger charge is 2.17. The molecule has 134 valence electrons. The molecule has 1 aromatic carbocycles. The van der Waals surface area contributed by atoms with Crippen molar-refractivity contribution in [3.8, 4) is 0 Å². The van der Waals surface area contributed by atoms with Crippen molar-refractivity contribution in [2.75, 3.05) is 19.0 Å². The van der Waals surface area contributed by atoms with E-state index in [0.29, 0.717) is 11.4 Å². The van der Waals surface area contributed by atoms with Crippen LogP contribution in [0.1, 0.15) is 23.1 Å². The van der Waals surface area contributed by atoms with E-state index >= 15 is 0 Å². The maximum atomic E-state index is 12.2. The first kappa shape index (κ1) is 19.0. The van der Waals surface area contributed by atoms with Crippen LogP contribution in [0.3, 0.4) is 0 Å². The number of carbonyl (C=O) groups is 1. The molecule has 0 aliphatic rings. The summed E-state index contributed by atoms with van der Waals surface area (Å²) >= 11 is 0. The lowest BCUT2D eigenvalue weighted by atomic mass is 10.3. The molecule has 0 fully saturated rings. The number of anilines is 1. The Morgan fingerprint density at radius 3 is 2.44 bits per heavy atom. The molecule has 1 unspecified atom stereocenters. The molecule has 0 saturated heterocycles. The first-order chi connectivity index (χ1) is 11.8. The fourth-order valence-electron chi connectivity index (χ4n) is 2.04. The van der Waals surface area contributed by atoms with Crippen LogP contribution in [-0.2, 0) is 14.8 Å². The number of aryl methyl sites for hydroxylation is 1. The Balaban J connectivity index is 2.06. The summed E-state index contributed by atoms with van der Waals surface area (Å²) in [5.41, 5.74) is 1.34. The number of benzene rings is 1. The Morgan fingerprint density at radius 2 is 1.88 bits per heavy atom. The standard InChI is InChI=1S/C16H20N4O4S/c1-11-8-18-15(9-17-11)16(21)19-13-4-6-14(7-5-13)25(22,23)20-12(2)10-24-3/h4-9,12,20H,10H2,1-3H3,(H,19,21). The number of carbonyl (C=O) groups excluding carboxylic acids is 1. The molecule has 1 aromatic heterocycles. The number of hydrogen-bond acceptors (Lipinski definition) is 6. The third-order valence-electron chi connectivity index (χ3n) is 3.21. The van der Waals surface area contributed by atoms with E-state index in [2.05, 4.69) is 20.0 Å². The molecule has 0 saturated carbocycles. The predicted octanol–water partition coefficient (Wildman–Crippen LogP) is 1.35.